The normalized spacial score (nSPS) is 19.1. The van der Waals surface area contributed by atoms with Crippen molar-refractivity contribution in [3.05, 3.63) is 40.9 Å². The quantitative estimate of drug-likeness (QED) is 0.591. The molecule has 0 aliphatic carbocycles. The number of carbonyl (C=O) groups excluding carboxylic acids is 2. The Morgan fingerprint density at radius 1 is 1.24 bits per heavy atom. The summed E-state index contributed by atoms with van der Waals surface area (Å²) < 4.78 is 0. The van der Waals surface area contributed by atoms with Crippen LogP contribution in [-0.4, -0.2) is 71.2 Å². The van der Waals surface area contributed by atoms with Crippen molar-refractivity contribution in [3.63, 3.8) is 0 Å². The Morgan fingerprint density at radius 2 is 1.94 bits per heavy atom. The smallest absolute Gasteiger partial charge is 0.290 e. The molecule has 1 aromatic heterocycles. The number of nitrogens with one attached hydrogen (secondary N) is 1. The minimum Gasteiger partial charge on any atom is -0.483 e. The van der Waals surface area contributed by atoms with Crippen molar-refractivity contribution < 1.29 is 19.5 Å². The second-order valence-electron chi connectivity index (χ2n) is 8.47. The minimum atomic E-state index is -0.319. The first-order valence-electron chi connectivity index (χ1n) is 11.2. The van der Waals surface area contributed by atoms with E-state index in [2.05, 4.69) is 27.3 Å². The van der Waals surface area contributed by atoms with Gasteiger partial charge < -0.3 is 15.3 Å². The molecule has 1 aromatic carbocycles. The van der Waals surface area contributed by atoms with Crippen molar-refractivity contribution in [2.24, 2.45) is 11.8 Å². The molecule has 10 heteroatoms. The van der Waals surface area contributed by atoms with Crippen LogP contribution >= 0.6 is 11.3 Å². The van der Waals surface area contributed by atoms with Gasteiger partial charge >= 0.3 is 0 Å². The summed E-state index contributed by atoms with van der Waals surface area (Å²) in [7, 11) is 0. The van der Waals surface area contributed by atoms with E-state index in [0.717, 1.165) is 36.1 Å². The van der Waals surface area contributed by atoms with E-state index in [-0.39, 0.29) is 30.6 Å². The lowest BCUT2D eigenvalue weighted by molar-refractivity contribution is -0.126. The van der Waals surface area contributed by atoms with Crippen LogP contribution in [0.5, 0.6) is 0 Å². The Kier molecular flexibility index (Phi) is 9.32. The van der Waals surface area contributed by atoms with E-state index in [1.54, 1.807) is 4.90 Å². The fraction of sp³-hybridized carbons (Fsp3) is 0.522. The Balaban J connectivity index is 0.000000968. The first-order valence-corrected chi connectivity index (χ1v) is 12.1. The second kappa shape index (κ2) is 12.4. The number of benzene rings is 1. The molecule has 0 saturated carbocycles. The minimum absolute atomic E-state index is 0.0368. The van der Waals surface area contributed by atoms with Crippen LogP contribution in [0, 0.1) is 11.8 Å². The number of amides is 2. The third-order valence-corrected chi connectivity index (χ3v) is 6.93. The SMILES string of the molecule is CC1CCN(CCNC(=O)C2CC(=O)N(c3nnc(Cc4ccccc4)s3)C2)CC1.O=CO. The van der Waals surface area contributed by atoms with Crippen molar-refractivity contribution in [2.75, 3.05) is 37.6 Å². The van der Waals surface area contributed by atoms with Crippen molar-refractivity contribution >= 4 is 34.8 Å². The summed E-state index contributed by atoms with van der Waals surface area (Å²) in [4.78, 5) is 37.4. The number of anilines is 1. The molecule has 2 amide bonds. The number of aromatic nitrogens is 2. The van der Waals surface area contributed by atoms with E-state index in [4.69, 9.17) is 9.90 Å². The zero-order valence-corrected chi connectivity index (χ0v) is 19.7. The number of carbonyl (C=O) groups is 3. The monoisotopic (exact) mass is 473 g/mol. The predicted molar refractivity (Wildman–Crippen MR) is 126 cm³/mol. The van der Waals surface area contributed by atoms with Crippen molar-refractivity contribution in [2.45, 2.75) is 32.6 Å². The summed E-state index contributed by atoms with van der Waals surface area (Å²) in [5.41, 5.74) is 1.16. The molecule has 4 rings (SSSR count). The predicted octanol–water partition coefficient (Wildman–Crippen LogP) is 2.03. The van der Waals surface area contributed by atoms with Crippen LogP contribution in [0.15, 0.2) is 30.3 Å². The van der Waals surface area contributed by atoms with E-state index in [1.807, 2.05) is 30.3 Å². The lowest BCUT2D eigenvalue weighted by atomic mass is 9.99. The topological polar surface area (TPSA) is 116 Å². The molecule has 0 spiro atoms. The highest BCUT2D eigenvalue weighted by Crippen LogP contribution is 2.28. The maximum absolute atomic E-state index is 12.6. The van der Waals surface area contributed by atoms with E-state index in [9.17, 15) is 9.59 Å². The Labute approximate surface area is 197 Å². The maximum atomic E-state index is 12.6. The molecule has 0 bridgehead atoms. The number of hydrogen-bond acceptors (Lipinski definition) is 7. The number of piperidine rings is 1. The Bertz CT molecular complexity index is 915. The molecule has 2 N–H and O–H groups in total. The van der Waals surface area contributed by atoms with Gasteiger partial charge in [-0.1, -0.05) is 48.6 Å². The van der Waals surface area contributed by atoms with Gasteiger partial charge in [-0.3, -0.25) is 19.3 Å². The van der Waals surface area contributed by atoms with E-state index in [1.165, 1.54) is 24.2 Å². The summed E-state index contributed by atoms with van der Waals surface area (Å²) in [6.07, 6.45) is 3.39. The molecule has 1 unspecified atom stereocenters. The molecule has 3 heterocycles. The fourth-order valence-corrected chi connectivity index (χ4v) is 4.93. The van der Waals surface area contributed by atoms with E-state index >= 15 is 0 Å². The Morgan fingerprint density at radius 3 is 2.64 bits per heavy atom. The van der Waals surface area contributed by atoms with Crippen LogP contribution < -0.4 is 10.2 Å². The van der Waals surface area contributed by atoms with Gasteiger partial charge in [0.05, 0.1) is 5.92 Å². The van der Waals surface area contributed by atoms with Crippen molar-refractivity contribution in [3.8, 4) is 0 Å². The summed E-state index contributed by atoms with van der Waals surface area (Å²) in [5.74, 6) is 0.396. The molecule has 2 aliphatic rings. The third kappa shape index (κ3) is 7.33. The molecule has 2 aliphatic heterocycles. The molecule has 2 fully saturated rings. The average Bonchev–Trinajstić information content (AvgIpc) is 3.42. The van der Waals surface area contributed by atoms with Gasteiger partial charge in [-0.15, -0.1) is 10.2 Å². The van der Waals surface area contributed by atoms with E-state index in [0.29, 0.717) is 24.6 Å². The lowest BCUT2D eigenvalue weighted by Gasteiger charge is -2.30. The van der Waals surface area contributed by atoms with Gasteiger partial charge in [-0.2, -0.15) is 0 Å². The molecule has 0 radical (unpaired) electrons. The summed E-state index contributed by atoms with van der Waals surface area (Å²) in [6.45, 7) is 6.15. The molecular weight excluding hydrogens is 442 g/mol. The van der Waals surface area contributed by atoms with E-state index < -0.39 is 0 Å². The highest BCUT2D eigenvalue weighted by Gasteiger charge is 2.36. The molecule has 1 atom stereocenters. The third-order valence-electron chi connectivity index (χ3n) is 5.98. The molecule has 9 nitrogen and oxygen atoms in total. The van der Waals surface area contributed by atoms with Crippen LogP contribution in [0.3, 0.4) is 0 Å². The number of likely N-dealkylation sites (tertiary alicyclic amines) is 1. The lowest BCUT2D eigenvalue weighted by Crippen LogP contribution is -2.41. The van der Waals surface area contributed by atoms with Crippen LogP contribution in [0.2, 0.25) is 0 Å². The summed E-state index contributed by atoms with van der Waals surface area (Å²) in [6, 6.07) is 10.1. The van der Waals surface area contributed by atoms with Gasteiger partial charge in [0, 0.05) is 32.5 Å². The largest absolute Gasteiger partial charge is 0.483 e. The summed E-state index contributed by atoms with van der Waals surface area (Å²) in [5, 5.41) is 19.8. The highest BCUT2D eigenvalue weighted by atomic mass is 32.1. The van der Waals surface area contributed by atoms with Crippen LogP contribution in [0.25, 0.3) is 0 Å². The zero-order chi connectivity index (χ0) is 23.6. The molecule has 178 valence electrons. The van der Waals surface area contributed by atoms with Gasteiger partial charge in [0.25, 0.3) is 6.47 Å². The first-order chi connectivity index (χ1) is 16.0. The zero-order valence-electron chi connectivity index (χ0n) is 18.9. The second-order valence-corrected chi connectivity index (χ2v) is 9.51. The van der Waals surface area contributed by atoms with Gasteiger partial charge in [-0.25, -0.2) is 0 Å². The standard InChI is InChI=1S/C22H29N5O2S.CH2O2/c1-16-7-10-26(11-8-16)12-9-23-21(29)18-14-20(28)27(15-18)22-25-24-19(30-22)13-17-5-3-2-4-6-17;2-1-3/h2-6,16,18H,7-15H2,1H3,(H,23,29);1H,(H,2,3). The van der Waals surface area contributed by atoms with Crippen LogP contribution in [-0.2, 0) is 20.8 Å². The molecular formula is C23H31N5O4S. The van der Waals surface area contributed by atoms with Crippen LogP contribution in [0.1, 0.15) is 36.8 Å². The fourth-order valence-electron chi connectivity index (χ4n) is 4.03. The van der Waals surface area contributed by atoms with Crippen molar-refractivity contribution in [1.29, 1.82) is 0 Å². The van der Waals surface area contributed by atoms with Crippen molar-refractivity contribution in [1.82, 2.24) is 20.4 Å². The van der Waals surface area contributed by atoms with Gasteiger partial charge in [0.1, 0.15) is 5.01 Å². The summed E-state index contributed by atoms with van der Waals surface area (Å²) >= 11 is 1.42. The molecule has 2 aromatic rings. The molecule has 2 saturated heterocycles. The van der Waals surface area contributed by atoms with Gasteiger partial charge in [0.2, 0.25) is 16.9 Å². The average molecular weight is 474 g/mol. The Hall–Kier alpha value is -2.85. The highest BCUT2D eigenvalue weighted by molar-refractivity contribution is 7.15. The van der Waals surface area contributed by atoms with Crippen LogP contribution in [0.4, 0.5) is 5.13 Å². The number of rotatable bonds is 7. The maximum Gasteiger partial charge on any atom is 0.290 e. The number of hydrogen-bond donors (Lipinski definition) is 2. The van der Waals surface area contributed by atoms with Gasteiger partial charge in [0.15, 0.2) is 0 Å². The van der Waals surface area contributed by atoms with Gasteiger partial charge in [-0.05, 0) is 37.4 Å². The molecule has 33 heavy (non-hydrogen) atoms. The number of carboxylic acid groups (broad SMARTS) is 1. The first kappa shape index (κ1) is 24.8. The number of nitrogens with zero attached hydrogens (tertiary/aromatic N) is 4.